The van der Waals surface area contributed by atoms with Crippen LogP contribution >= 0.6 is 0 Å². The number of rotatable bonds is 4. The zero-order valence-corrected chi connectivity index (χ0v) is 11.8. The first-order valence-corrected chi connectivity index (χ1v) is 8.20. The number of hydrogen-bond donors (Lipinski definition) is 1. The van der Waals surface area contributed by atoms with Crippen molar-refractivity contribution >= 4 is 9.84 Å². The maximum Gasteiger partial charge on any atom is 0.155 e. The summed E-state index contributed by atoms with van der Waals surface area (Å²) in [5.41, 5.74) is 0.829. The SMILES string of the molecule is CCNC(c1ccn(C)n1)C1CCCCS1(=O)=O. The van der Waals surface area contributed by atoms with Crippen LogP contribution in [0.3, 0.4) is 0 Å². The molecule has 0 saturated carbocycles. The Morgan fingerprint density at radius 3 is 2.89 bits per heavy atom. The molecule has 2 heterocycles. The van der Waals surface area contributed by atoms with Crippen LogP contribution in [-0.2, 0) is 16.9 Å². The Kier molecular flexibility index (Phi) is 4.07. The number of aryl methyl sites for hydroxylation is 1. The first-order chi connectivity index (χ1) is 8.54. The minimum absolute atomic E-state index is 0.179. The summed E-state index contributed by atoms with van der Waals surface area (Å²) in [6.07, 6.45) is 4.37. The molecule has 0 spiro atoms. The highest BCUT2D eigenvalue weighted by molar-refractivity contribution is 7.92. The van der Waals surface area contributed by atoms with Crippen LogP contribution in [0.15, 0.2) is 12.3 Å². The van der Waals surface area contributed by atoms with Crippen LogP contribution in [0.5, 0.6) is 0 Å². The van der Waals surface area contributed by atoms with Crippen molar-refractivity contribution in [3.8, 4) is 0 Å². The fourth-order valence-electron chi connectivity index (χ4n) is 2.60. The lowest BCUT2D eigenvalue weighted by molar-refractivity contribution is 0.444. The van der Waals surface area contributed by atoms with E-state index in [0.717, 1.165) is 31.5 Å². The summed E-state index contributed by atoms with van der Waals surface area (Å²) in [4.78, 5) is 0. The van der Waals surface area contributed by atoms with E-state index in [4.69, 9.17) is 0 Å². The Balaban J connectivity index is 2.29. The van der Waals surface area contributed by atoms with Crippen LogP contribution in [-0.4, -0.2) is 35.7 Å². The van der Waals surface area contributed by atoms with Crippen LogP contribution in [0, 0.1) is 0 Å². The van der Waals surface area contributed by atoms with E-state index in [1.54, 1.807) is 4.68 Å². The standard InChI is InChI=1S/C12H21N3O2S/c1-3-13-12(10-7-8-15(2)14-10)11-6-4-5-9-18(11,16)17/h7-8,11-13H,3-6,9H2,1-2H3. The first-order valence-electron chi connectivity index (χ1n) is 6.49. The number of hydrogen-bond acceptors (Lipinski definition) is 4. The minimum Gasteiger partial charge on any atom is -0.308 e. The molecule has 1 saturated heterocycles. The molecule has 102 valence electrons. The van der Waals surface area contributed by atoms with E-state index in [0.29, 0.717) is 5.75 Å². The fourth-order valence-corrected chi connectivity index (χ4v) is 4.68. The zero-order valence-electron chi connectivity index (χ0n) is 11.0. The van der Waals surface area contributed by atoms with Gasteiger partial charge in [-0.25, -0.2) is 8.42 Å². The molecule has 5 nitrogen and oxygen atoms in total. The summed E-state index contributed by atoms with van der Waals surface area (Å²) in [5.74, 6) is 0.312. The molecule has 6 heteroatoms. The quantitative estimate of drug-likeness (QED) is 0.888. The van der Waals surface area contributed by atoms with Gasteiger partial charge in [0.2, 0.25) is 0 Å². The number of sulfone groups is 1. The molecular formula is C12H21N3O2S. The smallest absolute Gasteiger partial charge is 0.155 e. The molecule has 1 aromatic rings. The Morgan fingerprint density at radius 1 is 1.56 bits per heavy atom. The lowest BCUT2D eigenvalue weighted by atomic mass is 10.0. The Hall–Kier alpha value is -0.880. The van der Waals surface area contributed by atoms with Gasteiger partial charge in [0, 0.05) is 13.2 Å². The van der Waals surface area contributed by atoms with Gasteiger partial charge in [-0.05, 0) is 25.5 Å². The second-order valence-electron chi connectivity index (χ2n) is 4.85. The van der Waals surface area contributed by atoms with Crippen molar-refractivity contribution in [2.75, 3.05) is 12.3 Å². The van der Waals surface area contributed by atoms with Gasteiger partial charge in [-0.2, -0.15) is 5.10 Å². The van der Waals surface area contributed by atoms with E-state index >= 15 is 0 Å². The van der Waals surface area contributed by atoms with E-state index in [2.05, 4.69) is 10.4 Å². The van der Waals surface area contributed by atoms with Gasteiger partial charge in [-0.15, -0.1) is 0 Å². The van der Waals surface area contributed by atoms with Crippen LogP contribution in [0.4, 0.5) is 0 Å². The van der Waals surface area contributed by atoms with Gasteiger partial charge in [0.15, 0.2) is 9.84 Å². The Bertz CT molecular complexity index is 495. The maximum atomic E-state index is 12.2. The van der Waals surface area contributed by atoms with Crippen LogP contribution in [0.25, 0.3) is 0 Å². The highest BCUT2D eigenvalue weighted by Gasteiger charge is 2.36. The van der Waals surface area contributed by atoms with Gasteiger partial charge < -0.3 is 5.32 Å². The Morgan fingerprint density at radius 2 is 2.33 bits per heavy atom. The van der Waals surface area contributed by atoms with Gasteiger partial charge in [0.05, 0.1) is 22.7 Å². The molecule has 2 atom stereocenters. The summed E-state index contributed by atoms with van der Waals surface area (Å²) >= 11 is 0. The van der Waals surface area contributed by atoms with Gasteiger partial charge in [0.25, 0.3) is 0 Å². The van der Waals surface area contributed by atoms with Gasteiger partial charge >= 0.3 is 0 Å². The second kappa shape index (κ2) is 5.40. The second-order valence-corrected chi connectivity index (χ2v) is 7.19. The number of nitrogens with zero attached hydrogens (tertiary/aromatic N) is 2. The number of nitrogens with one attached hydrogen (secondary N) is 1. The molecule has 2 unspecified atom stereocenters. The normalized spacial score (nSPS) is 24.9. The highest BCUT2D eigenvalue weighted by atomic mass is 32.2. The van der Waals surface area contributed by atoms with Gasteiger partial charge in [0.1, 0.15) is 0 Å². The van der Waals surface area contributed by atoms with E-state index in [9.17, 15) is 8.42 Å². The largest absolute Gasteiger partial charge is 0.308 e. The zero-order chi connectivity index (χ0) is 13.2. The molecule has 0 radical (unpaired) electrons. The van der Waals surface area contributed by atoms with E-state index < -0.39 is 9.84 Å². The van der Waals surface area contributed by atoms with E-state index in [1.165, 1.54) is 0 Å². The average Bonchev–Trinajstić information content (AvgIpc) is 2.73. The molecule has 18 heavy (non-hydrogen) atoms. The predicted molar refractivity (Wildman–Crippen MR) is 71.1 cm³/mol. The molecule has 0 bridgehead atoms. The molecule has 0 aromatic carbocycles. The lowest BCUT2D eigenvalue weighted by Gasteiger charge is -2.29. The highest BCUT2D eigenvalue weighted by Crippen LogP contribution is 2.29. The van der Waals surface area contributed by atoms with Crippen molar-refractivity contribution in [1.29, 1.82) is 0 Å². The van der Waals surface area contributed by atoms with Crippen molar-refractivity contribution in [1.82, 2.24) is 15.1 Å². The third-order valence-electron chi connectivity index (χ3n) is 3.48. The average molecular weight is 271 g/mol. The van der Waals surface area contributed by atoms with Crippen LogP contribution < -0.4 is 5.32 Å². The first kappa shape index (κ1) is 13.5. The summed E-state index contributed by atoms with van der Waals surface area (Å²) in [6, 6.07) is 1.72. The minimum atomic E-state index is -3.00. The van der Waals surface area contributed by atoms with Crippen molar-refractivity contribution in [2.24, 2.45) is 7.05 Å². The van der Waals surface area contributed by atoms with Crippen LogP contribution in [0.2, 0.25) is 0 Å². The molecule has 1 aliphatic heterocycles. The van der Waals surface area contributed by atoms with Gasteiger partial charge in [-0.1, -0.05) is 13.3 Å². The van der Waals surface area contributed by atoms with Crippen LogP contribution in [0.1, 0.15) is 37.9 Å². The van der Waals surface area contributed by atoms with Crippen molar-refractivity contribution in [3.05, 3.63) is 18.0 Å². The molecular weight excluding hydrogens is 250 g/mol. The van der Waals surface area contributed by atoms with Crippen molar-refractivity contribution in [2.45, 2.75) is 37.5 Å². The topological polar surface area (TPSA) is 64.0 Å². The molecule has 0 aliphatic carbocycles. The molecule has 2 rings (SSSR count). The summed E-state index contributed by atoms with van der Waals surface area (Å²) in [7, 11) is -1.15. The molecule has 1 fully saturated rings. The predicted octanol–water partition coefficient (Wildman–Crippen LogP) is 1.04. The van der Waals surface area contributed by atoms with E-state index in [-0.39, 0.29) is 11.3 Å². The third-order valence-corrected chi connectivity index (χ3v) is 5.77. The molecule has 1 aromatic heterocycles. The monoisotopic (exact) mass is 271 g/mol. The summed E-state index contributed by atoms with van der Waals surface area (Å²) in [5, 5.41) is 7.31. The maximum absolute atomic E-state index is 12.2. The van der Waals surface area contributed by atoms with Crippen molar-refractivity contribution in [3.63, 3.8) is 0 Å². The third kappa shape index (κ3) is 2.75. The molecule has 1 aliphatic rings. The van der Waals surface area contributed by atoms with E-state index in [1.807, 2.05) is 26.2 Å². The molecule has 0 amide bonds. The number of aromatic nitrogens is 2. The fraction of sp³-hybridized carbons (Fsp3) is 0.750. The summed E-state index contributed by atoms with van der Waals surface area (Å²) in [6.45, 7) is 2.73. The lowest BCUT2D eigenvalue weighted by Crippen LogP contribution is -2.40. The molecule has 1 N–H and O–H groups in total. The summed E-state index contributed by atoms with van der Waals surface area (Å²) < 4.78 is 26.1. The van der Waals surface area contributed by atoms with Crippen molar-refractivity contribution < 1.29 is 8.42 Å². The van der Waals surface area contributed by atoms with Gasteiger partial charge in [-0.3, -0.25) is 4.68 Å². The Labute approximate surface area is 108 Å².